The summed E-state index contributed by atoms with van der Waals surface area (Å²) in [5.41, 5.74) is 0. The fourth-order valence-electron chi connectivity index (χ4n) is 3.51. The maximum absolute atomic E-state index is 3.90. The van der Waals surface area contributed by atoms with Crippen molar-refractivity contribution in [1.29, 1.82) is 0 Å². The Balaban J connectivity index is 1.40. The number of likely N-dealkylation sites (N-methyl/N-ethyl adjacent to an activating group) is 1. The molecule has 0 amide bonds. The van der Waals surface area contributed by atoms with Crippen LogP contribution in [0, 0.1) is 0 Å². The van der Waals surface area contributed by atoms with Crippen LogP contribution in [0.5, 0.6) is 0 Å². The maximum atomic E-state index is 3.90. The van der Waals surface area contributed by atoms with Gasteiger partial charge in [-0.05, 0) is 65.2 Å². The van der Waals surface area contributed by atoms with Gasteiger partial charge in [0.1, 0.15) is 0 Å². The molecule has 2 aliphatic heterocycles. The molecule has 0 spiro atoms. The highest BCUT2D eigenvalue weighted by Gasteiger charge is 2.32. The van der Waals surface area contributed by atoms with E-state index in [1.807, 2.05) is 0 Å². The number of rotatable bonds is 3. The first-order valence-corrected chi connectivity index (χ1v) is 7.50. The van der Waals surface area contributed by atoms with Gasteiger partial charge in [-0.1, -0.05) is 0 Å². The van der Waals surface area contributed by atoms with Gasteiger partial charge in [-0.3, -0.25) is 0 Å². The van der Waals surface area contributed by atoms with Crippen molar-refractivity contribution in [2.45, 2.75) is 56.7 Å². The SMILES string of the molecule is CN1CCCC(NC2CCN(C3CC3)CC2)C1. The summed E-state index contributed by atoms with van der Waals surface area (Å²) in [5, 5.41) is 3.90. The van der Waals surface area contributed by atoms with Crippen LogP contribution in [0.15, 0.2) is 0 Å². The number of hydrogen-bond donors (Lipinski definition) is 1. The smallest absolute Gasteiger partial charge is 0.0197 e. The molecule has 0 aromatic rings. The lowest BCUT2D eigenvalue weighted by Crippen LogP contribution is -2.51. The topological polar surface area (TPSA) is 18.5 Å². The maximum Gasteiger partial charge on any atom is 0.0197 e. The first-order chi connectivity index (χ1) is 8.31. The molecule has 0 aromatic carbocycles. The number of nitrogens with one attached hydrogen (secondary N) is 1. The fraction of sp³-hybridized carbons (Fsp3) is 1.00. The standard InChI is InChI=1S/C14H27N3/c1-16-8-2-3-13(11-16)15-12-6-9-17(10-7-12)14-4-5-14/h12-15H,2-11H2,1H3. The average Bonchev–Trinajstić information content (AvgIpc) is 3.14. The van der Waals surface area contributed by atoms with Gasteiger partial charge in [0.05, 0.1) is 0 Å². The minimum absolute atomic E-state index is 0.756. The summed E-state index contributed by atoms with van der Waals surface area (Å²) in [6.45, 7) is 5.22. The number of hydrogen-bond acceptors (Lipinski definition) is 3. The molecule has 3 rings (SSSR count). The summed E-state index contributed by atoms with van der Waals surface area (Å²) in [5.74, 6) is 0. The third-order valence-electron chi connectivity index (χ3n) is 4.69. The molecular weight excluding hydrogens is 210 g/mol. The molecule has 1 aliphatic carbocycles. The van der Waals surface area contributed by atoms with Crippen LogP contribution in [0.3, 0.4) is 0 Å². The van der Waals surface area contributed by atoms with Gasteiger partial charge in [-0.2, -0.15) is 0 Å². The van der Waals surface area contributed by atoms with Crippen LogP contribution in [-0.4, -0.2) is 61.2 Å². The number of piperidine rings is 2. The quantitative estimate of drug-likeness (QED) is 0.798. The van der Waals surface area contributed by atoms with Gasteiger partial charge in [0.2, 0.25) is 0 Å². The molecule has 3 heteroatoms. The van der Waals surface area contributed by atoms with Gasteiger partial charge in [-0.25, -0.2) is 0 Å². The normalized spacial score (nSPS) is 34.1. The van der Waals surface area contributed by atoms with Crippen LogP contribution >= 0.6 is 0 Å². The van der Waals surface area contributed by atoms with Gasteiger partial charge in [0.15, 0.2) is 0 Å². The minimum Gasteiger partial charge on any atom is -0.310 e. The predicted molar refractivity (Wildman–Crippen MR) is 71.3 cm³/mol. The Hall–Kier alpha value is -0.120. The van der Waals surface area contributed by atoms with Crippen LogP contribution in [0.2, 0.25) is 0 Å². The van der Waals surface area contributed by atoms with Crippen molar-refractivity contribution in [2.24, 2.45) is 0 Å². The minimum atomic E-state index is 0.756. The second kappa shape index (κ2) is 5.25. The summed E-state index contributed by atoms with van der Waals surface area (Å²) < 4.78 is 0. The van der Waals surface area contributed by atoms with Gasteiger partial charge >= 0.3 is 0 Å². The van der Waals surface area contributed by atoms with E-state index >= 15 is 0 Å². The summed E-state index contributed by atoms with van der Waals surface area (Å²) in [7, 11) is 2.25. The van der Waals surface area contributed by atoms with E-state index in [-0.39, 0.29) is 0 Å². The molecule has 3 aliphatic rings. The highest BCUT2D eigenvalue weighted by Crippen LogP contribution is 2.29. The Morgan fingerprint density at radius 2 is 1.65 bits per heavy atom. The first-order valence-electron chi connectivity index (χ1n) is 7.50. The lowest BCUT2D eigenvalue weighted by molar-refractivity contribution is 0.161. The van der Waals surface area contributed by atoms with Crippen molar-refractivity contribution < 1.29 is 0 Å². The van der Waals surface area contributed by atoms with E-state index < -0.39 is 0 Å². The van der Waals surface area contributed by atoms with E-state index in [1.54, 1.807) is 0 Å². The summed E-state index contributed by atoms with van der Waals surface area (Å²) >= 11 is 0. The van der Waals surface area contributed by atoms with Gasteiger partial charge in [-0.15, -0.1) is 0 Å². The highest BCUT2D eigenvalue weighted by atomic mass is 15.2. The Bertz CT molecular complexity index is 244. The van der Waals surface area contributed by atoms with Crippen LogP contribution < -0.4 is 5.32 Å². The van der Waals surface area contributed by atoms with E-state index in [0.29, 0.717) is 0 Å². The Morgan fingerprint density at radius 1 is 0.882 bits per heavy atom. The Labute approximate surface area is 106 Å². The lowest BCUT2D eigenvalue weighted by Gasteiger charge is -2.37. The molecule has 1 N–H and O–H groups in total. The Morgan fingerprint density at radius 3 is 2.29 bits per heavy atom. The summed E-state index contributed by atoms with van der Waals surface area (Å²) in [6, 6.07) is 2.52. The molecule has 2 heterocycles. The molecule has 2 saturated heterocycles. The second-order valence-electron chi connectivity index (χ2n) is 6.31. The molecule has 1 unspecified atom stereocenters. The largest absolute Gasteiger partial charge is 0.310 e. The monoisotopic (exact) mass is 237 g/mol. The van der Waals surface area contributed by atoms with Crippen LogP contribution in [0.25, 0.3) is 0 Å². The third kappa shape index (κ3) is 3.21. The molecular formula is C14H27N3. The van der Waals surface area contributed by atoms with Crippen LogP contribution in [0.1, 0.15) is 38.5 Å². The predicted octanol–water partition coefficient (Wildman–Crippen LogP) is 1.30. The van der Waals surface area contributed by atoms with Crippen molar-refractivity contribution in [3.8, 4) is 0 Å². The van der Waals surface area contributed by atoms with Crippen molar-refractivity contribution in [3.63, 3.8) is 0 Å². The molecule has 1 saturated carbocycles. The lowest BCUT2D eigenvalue weighted by atomic mass is 10.0. The van der Waals surface area contributed by atoms with Crippen LogP contribution in [-0.2, 0) is 0 Å². The molecule has 3 nitrogen and oxygen atoms in total. The van der Waals surface area contributed by atoms with E-state index in [9.17, 15) is 0 Å². The molecule has 98 valence electrons. The zero-order valence-electron chi connectivity index (χ0n) is 11.2. The fourth-order valence-corrected chi connectivity index (χ4v) is 3.51. The Kier molecular flexibility index (Phi) is 3.69. The summed E-state index contributed by atoms with van der Waals surface area (Å²) in [4.78, 5) is 5.19. The van der Waals surface area contributed by atoms with Crippen molar-refractivity contribution in [1.82, 2.24) is 15.1 Å². The number of likely N-dealkylation sites (tertiary alicyclic amines) is 2. The van der Waals surface area contributed by atoms with Crippen molar-refractivity contribution in [2.75, 3.05) is 33.2 Å². The molecule has 1 atom stereocenters. The van der Waals surface area contributed by atoms with Gasteiger partial charge < -0.3 is 15.1 Å². The molecule has 0 aromatic heterocycles. The molecule has 3 fully saturated rings. The average molecular weight is 237 g/mol. The van der Waals surface area contributed by atoms with Crippen molar-refractivity contribution in [3.05, 3.63) is 0 Å². The zero-order chi connectivity index (χ0) is 11.7. The van der Waals surface area contributed by atoms with E-state index in [2.05, 4.69) is 22.2 Å². The third-order valence-corrected chi connectivity index (χ3v) is 4.69. The second-order valence-corrected chi connectivity index (χ2v) is 6.31. The zero-order valence-corrected chi connectivity index (χ0v) is 11.2. The van der Waals surface area contributed by atoms with Gasteiger partial charge in [0.25, 0.3) is 0 Å². The van der Waals surface area contributed by atoms with Crippen molar-refractivity contribution >= 4 is 0 Å². The van der Waals surface area contributed by atoms with Crippen LogP contribution in [0.4, 0.5) is 0 Å². The molecule has 17 heavy (non-hydrogen) atoms. The molecule has 0 radical (unpaired) electrons. The van der Waals surface area contributed by atoms with E-state index in [0.717, 1.165) is 18.1 Å². The number of nitrogens with zero attached hydrogens (tertiary/aromatic N) is 2. The van der Waals surface area contributed by atoms with Gasteiger partial charge in [0, 0.05) is 24.7 Å². The molecule has 0 bridgehead atoms. The highest BCUT2D eigenvalue weighted by molar-refractivity contribution is 4.90. The van der Waals surface area contributed by atoms with E-state index in [4.69, 9.17) is 0 Å². The first kappa shape index (κ1) is 11.9. The summed E-state index contributed by atoms with van der Waals surface area (Å²) in [6.07, 6.45) is 8.42. The van der Waals surface area contributed by atoms with E-state index in [1.165, 1.54) is 64.7 Å².